The lowest BCUT2D eigenvalue weighted by Gasteiger charge is -2.07. The summed E-state index contributed by atoms with van der Waals surface area (Å²) < 4.78 is 1.97. The molecule has 4 rings (SSSR count). The Morgan fingerprint density at radius 2 is 1.85 bits per heavy atom. The minimum absolute atomic E-state index is 0.248. The van der Waals surface area contributed by atoms with Crippen LogP contribution in [0.5, 0.6) is 5.75 Å². The maximum atomic E-state index is 9.36. The minimum atomic E-state index is 0.248. The Balaban J connectivity index is 1.57. The number of benzene rings is 2. The number of imidazole rings is 1. The van der Waals surface area contributed by atoms with Crippen molar-refractivity contribution in [1.82, 2.24) is 19.5 Å². The van der Waals surface area contributed by atoms with Gasteiger partial charge in [-0.1, -0.05) is 35.9 Å². The fourth-order valence-corrected chi connectivity index (χ4v) is 2.97. The number of phenolic OH excluding ortho intramolecular Hbond substituents is 1. The Morgan fingerprint density at radius 3 is 2.65 bits per heavy atom. The molecule has 130 valence electrons. The topological polar surface area (TPSA) is 75.9 Å². The Bertz CT molecular complexity index is 1050. The van der Waals surface area contributed by atoms with Gasteiger partial charge in [-0.05, 0) is 35.4 Å². The molecule has 4 aromatic rings. The average Bonchev–Trinajstić information content (AvgIpc) is 3.05. The van der Waals surface area contributed by atoms with Crippen LogP contribution in [0.4, 0.5) is 5.82 Å². The summed E-state index contributed by atoms with van der Waals surface area (Å²) >= 11 is 6.06. The maximum absolute atomic E-state index is 9.36. The molecule has 0 saturated carbocycles. The summed E-state index contributed by atoms with van der Waals surface area (Å²) in [6.45, 7) is 1.21. The van der Waals surface area contributed by atoms with Crippen molar-refractivity contribution in [3.63, 3.8) is 0 Å². The lowest BCUT2D eigenvalue weighted by Crippen LogP contribution is -2.04. The highest BCUT2D eigenvalue weighted by Gasteiger charge is 2.10. The standard InChI is InChI=1S/C19H16ClN5O/c20-15-3-1-2-14(8-15)10-25-12-24-17-18(22-11-23-19(17)25)21-9-13-4-6-16(26)7-5-13/h1-8,11-12,26H,9-10H2,(H,21,22,23). The number of fused-ring (bicyclic) bond motifs is 1. The van der Waals surface area contributed by atoms with Gasteiger partial charge in [0.2, 0.25) is 0 Å². The number of rotatable bonds is 5. The first kappa shape index (κ1) is 16.4. The van der Waals surface area contributed by atoms with Gasteiger partial charge in [0.25, 0.3) is 0 Å². The Hall–Kier alpha value is -3.12. The second-order valence-electron chi connectivity index (χ2n) is 5.92. The van der Waals surface area contributed by atoms with Gasteiger partial charge in [-0.3, -0.25) is 0 Å². The first-order valence-electron chi connectivity index (χ1n) is 8.11. The molecule has 7 heteroatoms. The third-order valence-corrected chi connectivity index (χ3v) is 4.27. The van der Waals surface area contributed by atoms with E-state index in [0.717, 1.165) is 16.8 Å². The molecule has 0 aliphatic heterocycles. The Morgan fingerprint density at radius 1 is 1.00 bits per heavy atom. The van der Waals surface area contributed by atoms with E-state index in [9.17, 15) is 5.11 Å². The third kappa shape index (κ3) is 3.45. The van der Waals surface area contributed by atoms with Crippen molar-refractivity contribution in [2.45, 2.75) is 13.1 Å². The van der Waals surface area contributed by atoms with Crippen LogP contribution in [0.2, 0.25) is 5.02 Å². The second-order valence-corrected chi connectivity index (χ2v) is 6.35. The van der Waals surface area contributed by atoms with E-state index in [1.807, 2.05) is 41.0 Å². The number of nitrogens with zero attached hydrogens (tertiary/aromatic N) is 4. The van der Waals surface area contributed by atoms with Crippen LogP contribution in [0, 0.1) is 0 Å². The van der Waals surface area contributed by atoms with Crippen LogP contribution in [0.25, 0.3) is 11.2 Å². The maximum Gasteiger partial charge on any atom is 0.165 e. The van der Waals surface area contributed by atoms with Gasteiger partial charge < -0.3 is 15.0 Å². The smallest absolute Gasteiger partial charge is 0.165 e. The van der Waals surface area contributed by atoms with Gasteiger partial charge in [0, 0.05) is 11.6 Å². The predicted octanol–water partition coefficient (Wildman–Crippen LogP) is 3.85. The molecule has 6 nitrogen and oxygen atoms in total. The molecule has 0 fully saturated rings. The fourth-order valence-electron chi connectivity index (χ4n) is 2.76. The van der Waals surface area contributed by atoms with Crippen LogP contribution < -0.4 is 5.32 Å². The number of halogens is 1. The van der Waals surface area contributed by atoms with Crippen molar-refractivity contribution in [2.75, 3.05) is 5.32 Å². The lowest BCUT2D eigenvalue weighted by molar-refractivity contribution is 0.475. The first-order chi connectivity index (χ1) is 12.7. The van der Waals surface area contributed by atoms with Crippen LogP contribution >= 0.6 is 11.6 Å². The quantitative estimate of drug-likeness (QED) is 0.562. The summed E-state index contributed by atoms with van der Waals surface area (Å²) in [5.41, 5.74) is 3.59. The molecule has 0 amide bonds. The van der Waals surface area contributed by atoms with Crippen LogP contribution in [-0.2, 0) is 13.1 Å². The number of aromatic nitrogens is 4. The van der Waals surface area contributed by atoms with Gasteiger partial charge >= 0.3 is 0 Å². The fraction of sp³-hybridized carbons (Fsp3) is 0.105. The number of aromatic hydroxyl groups is 1. The molecule has 0 saturated heterocycles. The molecule has 0 bridgehead atoms. The van der Waals surface area contributed by atoms with Crippen molar-refractivity contribution < 1.29 is 5.11 Å². The summed E-state index contributed by atoms with van der Waals surface area (Å²) in [4.78, 5) is 13.1. The second kappa shape index (κ2) is 7.01. The van der Waals surface area contributed by atoms with Gasteiger partial charge in [0.1, 0.15) is 17.6 Å². The lowest BCUT2D eigenvalue weighted by atomic mass is 10.2. The Kier molecular flexibility index (Phi) is 4.41. The van der Waals surface area contributed by atoms with Crippen molar-refractivity contribution in [3.05, 3.63) is 77.3 Å². The van der Waals surface area contributed by atoms with Gasteiger partial charge in [-0.2, -0.15) is 0 Å². The minimum Gasteiger partial charge on any atom is -0.508 e. The molecule has 0 aliphatic carbocycles. The van der Waals surface area contributed by atoms with E-state index in [-0.39, 0.29) is 5.75 Å². The molecule has 2 aromatic heterocycles. The van der Waals surface area contributed by atoms with Crippen LogP contribution in [0.3, 0.4) is 0 Å². The molecule has 26 heavy (non-hydrogen) atoms. The monoisotopic (exact) mass is 365 g/mol. The summed E-state index contributed by atoms with van der Waals surface area (Å²) in [5, 5.41) is 13.3. The van der Waals surface area contributed by atoms with Gasteiger partial charge in [-0.15, -0.1) is 0 Å². The van der Waals surface area contributed by atoms with Crippen molar-refractivity contribution in [2.24, 2.45) is 0 Å². The summed E-state index contributed by atoms with van der Waals surface area (Å²) in [6, 6.07) is 14.8. The van der Waals surface area contributed by atoms with Crippen molar-refractivity contribution in [1.29, 1.82) is 0 Å². The zero-order valence-electron chi connectivity index (χ0n) is 13.8. The van der Waals surface area contributed by atoms with E-state index < -0.39 is 0 Å². The summed E-state index contributed by atoms with van der Waals surface area (Å²) in [5.74, 6) is 0.922. The van der Waals surface area contributed by atoms with E-state index in [1.165, 1.54) is 6.33 Å². The van der Waals surface area contributed by atoms with Gasteiger partial charge in [0.05, 0.1) is 12.9 Å². The largest absolute Gasteiger partial charge is 0.508 e. The Labute approximate surface area is 155 Å². The third-order valence-electron chi connectivity index (χ3n) is 4.04. The zero-order valence-corrected chi connectivity index (χ0v) is 14.6. The number of nitrogens with one attached hydrogen (secondary N) is 1. The molecule has 0 spiro atoms. The molecule has 2 aromatic carbocycles. The molecule has 0 unspecified atom stereocenters. The zero-order chi connectivity index (χ0) is 17.9. The first-order valence-corrected chi connectivity index (χ1v) is 8.49. The highest BCUT2D eigenvalue weighted by atomic mass is 35.5. The molecule has 0 atom stereocenters. The SMILES string of the molecule is Oc1ccc(CNc2ncnc3c2ncn3Cc2cccc(Cl)c2)cc1. The van der Waals surface area contributed by atoms with Crippen LogP contribution in [0.15, 0.2) is 61.2 Å². The number of hydrogen-bond donors (Lipinski definition) is 2. The van der Waals surface area contributed by atoms with Gasteiger partial charge in [0.15, 0.2) is 11.5 Å². The van der Waals surface area contributed by atoms with Crippen LogP contribution in [-0.4, -0.2) is 24.6 Å². The average molecular weight is 366 g/mol. The number of anilines is 1. The van der Waals surface area contributed by atoms with E-state index in [1.54, 1.807) is 18.5 Å². The molecular formula is C19H16ClN5O. The van der Waals surface area contributed by atoms with Crippen molar-refractivity contribution >= 4 is 28.6 Å². The predicted molar refractivity (Wildman–Crippen MR) is 101 cm³/mol. The summed E-state index contributed by atoms with van der Waals surface area (Å²) in [6.07, 6.45) is 3.28. The van der Waals surface area contributed by atoms with Crippen LogP contribution in [0.1, 0.15) is 11.1 Å². The van der Waals surface area contributed by atoms with Crippen molar-refractivity contribution in [3.8, 4) is 5.75 Å². The molecular weight excluding hydrogens is 350 g/mol. The summed E-state index contributed by atoms with van der Waals surface area (Å²) in [7, 11) is 0. The molecule has 0 aliphatic rings. The van der Waals surface area contributed by atoms with E-state index in [4.69, 9.17) is 11.6 Å². The molecule has 2 heterocycles. The highest BCUT2D eigenvalue weighted by molar-refractivity contribution is 6.30. The van der Waals surface area contributed by atoms with E-state index >= 15 is 0 Å². The molecule has 2 N–H and O–H groups in total. The molecule has 0 radical (unpaired) electrons. The normalized spacial score (nSPS) is 11.0. The van der Waals surface area contributed by atoms with Gasteiger partial charge in [-0.25, -0.2) is 15.0 Å². The van der Waals surface area contributed by atoms with E-state index in [2.05, 4.69) is 20.3 Å². The number of phenols is 1. The van der Waals surface area contributed by atoms with E-state index in [0.29, 0.717) is 29.4 Å². The highest BCUT2D eigenvalue weighted by Crippen LogP contribution is 2.20. The number of hydrogen-bond acceptors (Lipinski definition) is 5.